The number of aryl methyl sites for hydroxylation is 1. The Hall–Kier alpha value is -1.50. The quantitative estimate of drug-likeness (QED) is 0.766. The summed E-state index contributed by atoms with van der Waals surface area (Å²) in [4.78, 5) is 20.5. The molecule has 1 aliphatic heterocycles. The molecular weight excluding hydrogens is 292 g/mol. The first-order valence-electron chi connectivity index (χ1n) is 7.20. The van der Waals surface area contributed by atoms with Gasteiger partial charge < -0.3 is 4.74 Å². The topological polar surface area (TPSA) is 86.2 Å². The van der Waals surface area contributed by atoms with Crippen molar-refractivity contribution in [3.8, 4) is 0 Å². The van der Waals surface area contributed by atoms with Crippen LogP contribution in [0.4, 0.5) is 0 Å². The molecule has 0 aliphatic carbocycles. The van der Waals surface area contributed by atoms with E-state index in [1.54, 1.807) is 6.92 Å². The van der Waals surface area contributed by atoms with Crippen LogP contribution in [0, 0.1) is 0 Å². The second-order valence-corrected chi connectivity index (χ2v) is 7.39. The Kier molecular flexibility index (Phi) is 4.92. The Morgan fingerprint density at radius 1 is 1.43 bits per heavy atom. The Balaban J connectivity index is 2.30. The fraction of sp³-hybridized carbons (Fsp3) is 0.643. The number of rotatable bonds is 5. The predicted octanol–water partition coefficient (Wildman–Crippen LogP) is 1.51. The molecule has 1 aromatic heterocycles. The molecule has 7 heteroatoms. The van der Waals surface area contributed by atoms with E-state index in [9.17, 15) is 13.2 Å². The molecule has 21 heavy (non-hydrogen) atoms. The number of aromatic nitrogens is 2. The molecule has 1 aromatic rings. The number of hydrogen-bond acceptors (Lipinski definition) is 6. The van der Waals surface area contributed by atoms with Crippen molar-refractivity contribution in [3.05, 3.63) is 23.3 Å². The minimum Gasteiger partial charge on any atom is -0.462 e. The van der Waals surface area contributed by atoms with Gasteiger partial charge in [-0.1, -0.05) is 13.3 Å². The second kappa shape index (κ2) is 6.51. The maximum Gasteiger partial charge on any atom is 0.341 e. The number of carbonyl (C=O) groups excluding carboxylic acids is 1. The van der Waals surface area contributed by atoms with Crippen molar-refractivity contribution in [1.82, 2.24) is 9.97 Å². The molecule has 1 fully saturated rings. The first-order chi connectivity index (χ1) is 9.96. The average molecular weight is 312 g/mol. The zero-order valence-corrected chi connectivity index (χ0v) is 13.1. The third-order valence-corrected chi connectivity index (χ3v) is 5.23. The van der Waals surface area contributed by atoms with Gasteiger partial charge in [0.25, 0.3) is 0 Å². The van der Waals surface area contributed by atoms with E-state index < -0.39 is 15.8 Å². The Bertz CT molecular complexity index is 628. The Morgan fingerprint density at radius 2 is 2.19 bits per heavy atom. The van der Waals surface area contributed by atoms with Crippen LogP contribution < -0.4 is 0 Å². The van der Waals surface area contributed by atoms with Gasteiger partial charge in [0.15, 0.2) is 9.84 Å². The largest absolute Gasteiger partial charge is 0.462 e. The molecular formula is C14H20N2O4S. The lowest BCUT2D eigenvalue weighted by molar-refractivity contribution is 0.0523. The van der Waals surface area contributed by atoms with Gasteiger partial charge in [-0.15, -0.1) is 0 Å². The molecule has 0 saturated carbocycles. The molecule has 116 valence electrons. The average Bonchev–Trinajstić information content (AvgIpc) is 2.79. The molecule has 2 rings (SSSR count). The summed E-state index contributed by atoms with van der Waals surface area (Å²) in [6.45, 7) is 4.04. The van der Waals surface area contributed by atoms with Crippen LogP contribution in [0.25, 0.3) is 0 Å². The number of esters is 1. The van der Waals surface area contributed by atoms with Crippen molar-refractivity contribution in [1.29, 1.82) is 0 Å². The number of carbonyl (C=O) groups is 1. The van der Waals surface area contributed by atoms with E-state index in [1.165, 1.54) is 6.20 Å². The molecule has 0 spiro atoms. The monoisotopic (exact) mass is 312 g/mol. The van der Waals surface area contributed by atoms with Gasteiger partial charge in [0.05, 0.1) is 29.4 Å². The normalized spacial score (nSPS) is 20.4. The minimum atomic E-state index is -2.98. The van der Waals surface area contributed by atoms with Crippen LogP contribution >= 0.6 is 0 Å². The fourth-order valence-electron chi connectivity index (χ4n) is 2.43. The maximum absolute atomic E-state index is 11.9. The summed E-state index contributed by atoms with van der Waals surface area (Å²) in [7, 11) is -2.98. The number of hydrogen-bond donors (Lipinski definition) is 0. The lowest BCUT2D eigenvalue weighted by Gasteiger charge is -2.11. The molecule has 2 heterocycles. The van der Waals surface area contributed by atoms with Crippen molar-refractivity contribution in [2.24, 2.45) is 0 Å². The van der Waals surface area contributed by atoms with Crippen LogP contribution in [-0.4, -0.2) is 42.5 Å². The third-order valence-electron chi connectivity index (χ3n) is 3.47. The van der Waals surface area contributed by atoms with Crippen LogP contribution in [0.5, 0.6) is 0 Å². The van der Waals surface area contributed by atoms with Crippen molar-refractivity contribution < 1.29 is 17.9 Å². The maximum atomic E-state index is 11.9. The van der Waals surface area contributed by atoms with Crippen LogP contribution in [0.1, 0.15) is 54.5 Å². The van der Waals surface area contributed by atoms with Gasteiger partial charge in [0.2, 0.25) is 0 Å². The van der Waals surface area contributed by atoms with Crippen LogP contribution in [0.2, 0.25) is 0 Å². The highest BCUT2D eigenvalue weighted by atomic mass is 32.2. The zero-order valence-electron chi connectivity index (χ0n) is 12.3. The van der Waals surface area contributed by atoms with Gasteiger partial charge in [-0.3, -0.25) is 0 Å². The first kappa shape index (κ1) is 15.9. The second-order valence-electron chi connectivity index (χ2n) is 5.16. The molecule has 0 radical (unpaired) electrons. The molecule has 6 nitrogen and oxygen atoms in total. The standard InChI is InChI=1S/C14H20N2O4S/c1-3-5-12-11(14(17)20-4-2)8-15-13(16-12)10-6-7-21(18,19)9-10/h8,10H,3-7,9H2,1-2H3. The SMILES string of the molecule is CCCc1nc(C2CCS(=O)(=O)C2)ncc1C(=O)OCC. The number of ether oxygens (including phenoxy) is 1. The molecule has 0 N–H and O–H groups in total. The highest BCUT2D eigenvalue weighted by molar-refractivity contribution is 7.91. The van der Waals surface area contributed by atoms with Crippen LogP contribution in [0.15, 0.2) is 6.20 Å². The molecule has 1 unspecified atom stereocenters. The summed E-state index contributed by atoms with van der Waals surface area (Å²) < 4.78 is 28.1. The predicted molar refractivity (Wildman–Crippen MR) is 78.0 cm³/mol. The summed E-state index contributed by atoms with van der Waals surface area (Å²) in [6.07, 6.45) is 3.50. The van der Waals surface area contributed by atoms with Crippen LogP contribution in [0.3, 0.4) is 0 Å². The smallest absolute Gasteiger partial charge is 0.341 e. The number of sulfone groups is 1. The van der Waals surface area contributed by atoms with Gasteiger partial charge in [0, 0.05) is 12.1 Å². The van der Waals surface area contributed by atoms with Gasteiger partial charge in [-0.25, -0.2) is 23.2 Å². The highest BCUT2D eigenvalue weighted by Crippen LogP contribution is 2.27. The van der Waals surface area contributed by atoms with E-state index in [4.69, 9.17) is 4.74 Å². The highest BCUT2D eigenvalue weighted by Gasteiger charge is 2.31. The Morgan fingerprint density at radius 3 is 2.76 bits per heavy atom. The summed E-state index contributed by atoms with van der Waals surface area (Å²) in [5.74, 6) is 0.210. The van der Waals surface area contributed by atoms with Crippen molar-refractivity contribution in [3.63, 3.8) is 0 Å². The van der Waals surface area contributed by atoms with E-state index in [2.05, 4.69) is 9.97 Å². The van der Waals surface area contributed by atoms with Crippen molar-refractivity contribution >= 4 is 15.8 Å². The van der Waals surface area contributed by atoms with E-state index in [0.29, 0.717) is 36.5 Å². The third kappa shape index (κ3) is 3.78. The first-order valence-corrected chi connectivity index (χ1v) is 9.02. The summed E-state index contributed by atoms with van der Waals surface area (Å²) in [6, 6.07) is 0. The molecule has 0 bridgehead atoms. The molecule has 1 saturated heterocycles. The molecule has 0 aromatic carbocycles. The van der Waals surface area contributed by atoms with E-state index >= 15 is 0 Å². The molecule has 1 aliphatic rings. The van der Waals surface area contributed by atoms with Gasteiger partial charge in [-0.05, 0) is 19.8 Å². The van der Waals surface area contributed by atoms with E-state index in [0.717, 1.165) is 6.42 Å². The number of nitrogens with zero attached hydrogens (tertiary/aromatic N) is 2. The fourth-order valence-corrected chi connectivity index (χ4v) is 4.17. The van der Waals surface area contributed by atoms with Crippen LogP contribution in [-0.2, 0) is 21.0 Å². The Labute approximate surface area is 124 Å². The minimum absolute atomic E-state index is 0.0946. The van der Waals surface area contributed by atoms with Gasteiger partial charge >= 0.3 is 5.97 Å². The summed E-state index contributed by atoms with van der Waals surface area (Å²) in [5.41, 5.74) is 1.02. The van der Waals surface area contributed by atoms with Crippen molar-refractivity contribution in [2.75, 3.05) is 18.1 Å². The summed E-state index contributed by atoms with van der Waals surface area (Å²) >= 11 is 0. The summed E-state index contributed by atoms with van der Waals surface area (Å²) in [5, 5.41) is 0. The van der Waals surface area contributed by atoms with E-state index in [-0.39, 0.29) is 17.4 Å². The lowest BCUT2D eigenvalue weighted by Crippen LogP contribution is -2.14. The lowest BCUT2D eigenvalue weighted by atomic mass is 10.1. The molecule has 0 amide bonds. The van der Waals surface area contributed by atoms with E-state index in [1.807, 2.05) is 6.92 Å². The molecule has 1 atom stereocenters. The van der Waals surface area contributed by atoms with Crippen molar-refractivity contribution in [2.45, 2.75) is 39.0 Å². The van der Waals surface area contributed by atoms with Gasteiger partial charge in [0.1, 0.15) is 5.82 Å². The van der Waals surface area contributed by atoms with Gasteiger partial charge in [-0.2, -0.15) is 0 Å². The zero-order chi connectivity index (χ0) is 15.5.